The van der Waals surface area contributed by atoms with Gasteiger partial charge in [0.1, 0.15) is 0 Å². The maximum absolute atomic E-state index is 12.2. The molecule has 0 saturated heterocycles. The number of hydrogen-bond acceptors (Lipinski definition) is 2. The van der Waals surface area contributed by atoms with Crippen LogP contribution < -0.4 is 10.6 Å². The van der Waals surface area contributed by atoms with Gasteiger partial charge in [0.05, 0.1) is 0 Å². The Balaban J connectivity index is 2.02. The number of carbonyl (C=O) groups is 2. The highest BCUT2D eigenvalue weighted by molar-refractivity contribution is 6.04. The molecule has 2 amide bonds. The van der Waals surface area contributed by atoms with Gasteiger partial charge in [-0.3, -0.25) is 9.59 Å². The van der Waals surface area contributed by atoms with Crippen LogP contribution in [0.5, 0.6) is 0 Å². The lowest BCUT2D eigenvalue weighted by Gasteiger charge is -2.10. The molecular weight excluding hydrogens is 321 g/mol. The molecule has 0 saturated carbocycles. The van der Waals surface area contributed by atoms with Crippen LogP contribution in [0.1, 0.15) is 21.5 Å². The molecule has 0 aliphatic carbocycles. The van der Waals surface area contributed by atoms with Crippen LogP contribution in [0.25, 0.3) is 0 Å². The fourth-order valence-electron chi connectivity index (χ4n) is 2.03. The standard InChI is InChI=1S/C17H15F3N2O2/c1-11-4-2-6-13(8-11)15(23)22-14-7-3-5-12(9-14)10-21-16(24)17(18,19)20/h2-9H,10H2,1H3,(H,21,24)(H,22,23). The van der Waals surface area contributed by atoms with Gasteiger partial charge in [0.2, 0.25) is 0 Å². The van der Waals surface area contributed by atoms with Crippen LogP contribution in [-0.4, -0.2) is 18.0 Å². The first kappa shape index (κ1) is 17.5. The van der Waals surface area contributed by atoms with E-state index in [4.69, 9.17) is 0 Å². The first-order chi connectivity index (χ1) is 11.3. The molecule has 4 nitrogen and oxygen atoms in total. The zero-order chi connectivity index (χ0) is 17.7. The van der Waals surface area contributed by atoms with Crippen LogP contribution in [0, 0.1) is 6.92 Å². The quantitative estimate of drug-likeness (QED) is 0.899. The van der Waals surface area contributed by atoms with Crippen molar-refractivity contribution >= 4 is 17.5 Å². The second-order valence-electron chi connectivity index (χ2n) is 5.20. The van der Waals surface area contributed by atoms with Gasteiger partial charge >= 0.3 is 12.1 Å². The number of aryl methyl sites for hydroxylation is 1. The number of rotatable bonds is 4. The summed E-state index contributed by atoms with van der Waals surface area (Å²) < 4.78 is 36.5. The Morgan fingerprint density at radius 2 is 1.75 bits per heavy atom. The van der Waals surface area contributed by atoms with Crippen molar-refractivity contribution in [2.75, 3.05) is 5.32 Å². The number of hydrogen-bond donors (Lipinski definition) is 2. The number of nitrogens with one attached hydrogen (secondary N) is 2. The van der Waals surface area contributed by atoms with E-state index in [9.17, 15) is 22.8 Å². The van der Waals surface area contributed by atoms with Gasteiger partial charge in [-0.2, -0.15) is 13.2 Å². The lowest BCUT2D eigenvalue weighted by molar-refractivity contribution is -0.173. The van der Waals surface area contributed by atoms with Crippen molar-refractivity contribution in [1.29, 1.82) is 0 Å². The molecule has 0 unspecified atom stereocenters. The van der Waals surface area contributed by atoms with E-state index in [0.29, 0.717) is 16.8 Å². The van der Waals surface area contributed by atoms with E-state index in [1.54, 1.807) is 41.7 Å². The third kappa shape index (κ3) is 4.84. The highest BCUT2D eigenvalue weighted by atomic mass is 19.4. The Morgan fingerprint density at radius 3 is 2.42 bits per heavy atom. The van der Waals surface area contributed by atoms with Crippen molar-refractivity contribution < 1.29 is 22.8 Å². The van der Waals surface area contributed by atoms with Crippen molar-refractivity contribution in [2.45, 2.75) is 19.6 Å². The second-order valence-corrected chi connectivity index (χ2v) is 5.20. The van der Waals surface area contributed by atoms with Gasteiger partial charge in [-0.1, -0.05) is 29.8 Å². The summed E-state index contributed by atoms with van der Waals surface area (Å²) in [5, 5.41) is 4.45. The van der Waals surface area contributed by atoms with E-state index in [0.717, 1.165) is 5.56 Å². The van der Waals surface area contributed by atoms with Crippen molar-refractivity contribution in [1.82, 2.24) is 5.32 Å². The Bertz CT molecular complexity index is 757. The van der Waals surface area contributed by atoms with Crippen LogP contribution >= 0.6 is 0 Å². The lowest BCUT2D eigenvalue weighted by Crippen LogP contribution is -2.36. The summed E-state index contributed by atoms with van der Waals surface area (Å²) in [7, 11) is 0. The zero-order valence-corrected chi connectivity index (χ0v) is 12.8. The van der Waals surface area contributed by atoms with E-state index in [-0.39, 0.29) is 12.5 Å². The van der Waals surface area contributed by atoms with Crippen LogP contribution in [0.4, 0.5) is 18.9 Å². The van der Waals surface area contributed by atoms with Crippen LogP contribution in [0.15, 0.2) is 48.5 Å². The van der Waals surface area contributed by atoms with Gasteiger partial charge in [-0.25, -0.2) is 0 Å². The van der Waals surface area contributed by atoms with Gasteiger partial charge in [-0.15, -0.1) is 0 Å². The molecule has 0 heterocycles. The normalized spacial score (nSPS) is 11.0. The van der Waals surface area contributed by atoms with Gasteiger partial charge in [0, 0.05) is 17.8 Å². The van der Waals surface area contributed by atoms with E-state index in [2.05, 4.69) is 5.32 Å². The average Bonchev–Trinajstić information content (AvgIpc) is 2.52. The molecule has 7 heteroatoms. The molecule has 2 rings (SSSR count). The minimum Gasteiger partial charge on any atom is -0.344 e. The molecule has 0 radical (unpaired) electrons. The minimum atomic E-state index is -4.92. The monoisotopic (exact) mass is 336 g/mol. The largest absolute Gasteiger partial charge is 0.471 e. The maximum atomic E-state index is 12.2. The van der Waals surface area contributed by atoms with Crippen LogP contribution in [-0.2, 0) is 11.3 Å². The van der Waals surface area contributed by atoms with E-state index < -0.39 is 12.1 Å². The van der Waals surface area contributed by atoms with Crippen molar-refractivity contribution in [3.8, 4) is 0 Å². The number of amides is 2. The van der Waals surface area contributed by atoms with Gasteiger partial charge in [0.15, 0.2) is 0 Å². The number of anilines is 1. The summed E-state index contributed by atoms with van der Waals surface area (Å²) in [5.41, 5.74) is 2.28. The van der Waals surface area contributed by atoms with Gasteiger partial charge in [0.25, 0.3) is 5.91 Å². The lowest BCUT2D eigenvalue weighted by atomic mass is 10.1. The Labute approximate surface area is 136 Å². The van der Waals surface area contributed by atoms with Crippen LogP contribution in [0.2, 0.25) is 0 Å². The molecule has 2 aromatic carbocycles. The number of halogens is 3. The van der Waals surface area contributed by atoms with E-state index in [1.807, 2.05) is 13.0 Å². The molecule has 24 heavy (non-hydrogen) atoms. The summed E-state index contributed by atoms with van der Waals surface area (Å²) in [6.07, 6.45) is -4.92. The smallest absolute Gasteiger partial charge is 0.344 e. The molecule has 0 atom stereocenters. The fraction of sp³-hybridized carbons (Fsp3) is 0.176. The van der Waals surface area contributed by atoms with Gasteiger partial charge < -0.3 is 10.6 Å². The van der Waals surface area contributed by atoms with Crippen molar-refractivity contribution in [2.24, 2.45) is 0 Å². The van der Waals surface area contributed by atoms with Crippen molar-refractivity contribution in [3.63, 3.8) is 0 Å². The van der Waals surface area contributed by atoms with Crippen LogP contribution in [0.3, 0.4) is 0 Å². The highest BCUT2D eigenvalue weighted by Gasteiger charge is 2.38. The third-order valence-corrected chi connectivity index (χ3v) is 3.18. The summed E-state index contributed by atoms with van der Waals surface area (Å²) in [4.78, 5) is 23.0. The Hall–Kier alpha value is -2.83. The molecule has 0 fully saturated rings. The van der Waals surface area contributed by atoms with Crippen molar-refractivity contribution in [3.05, 3.63) is 65.2 Å². The molecule has 126 valence electrons. The second kappa shape index (κ2) is 7.16. The molecule has 2 aromatic rings. The SMILES string of the molecule is Cc1cccc(C(=O)Nc2cccc(CNC(=O)C(F)(F)F)c2)c1. The third-order valence-electron chi connectivity index (χ3n) is 3.18. The molecule has 0 aliphatic heterocycles. The molecule has 0 bridgehead atoms. The number of alkyl halides is 3. The number of carbonyl (C=O) groups excluding carboxylic acids is 2. The summed E-state index contributed by atoms with van der Waals surface area (Å²) in [6, 6.07) is 13.3. The molecule has 0 aromatic heterocycles. The molecular formula is C17H15F3N2O2. The topological polar surface area (TPSA) is 58.2 Å². The Morgan fingerprint density at radius 1 is 1.04 bits per heavy atom. The first-order valence-corrected chi connectivity index (χ1v) is 7.08. The predicted molar refractivity (Wildman–Crippen MR) is 83.5 cm³/mol. The Kier molecular flexibility index (Phi) is 5.23. The fourth-order valence-corrected chi connectivity index (χ4v) is 2.03. The molecule has 2 N–H and O–H groups in total. The summed E-state index contributed by atoms with van der Waals surface area (Å²) in [6.45, 7) is 1.58. The van der Waals surface area contributed by atoms with Gasteiger partial charge in [-0.05, 0) is 36.8 Å². The zero-order valence-electron chi connectivity index (χ0n) is 12.8. The summed E-state index contributed by atoms with van der Waals surface area (Å²) in [5.74, 6) is -2.33. The van der Waals surface area contributed by atoms with E-state index >= 15 is 0 Å². The first-order valence-electron chi connectivity index (χ1n) is 7.08. The average molecular weight is 336 g/mol. The summed E-state index contributed by atoms with van der Waals surface area (Å²) >= 11 is 0. The minimum absolute atomic E-state index is 0.285. The molecule has 0 aliphatic rings. The molecule has 0 spiro atoms. The highest BCUT2D eigenvalue weighted by Crippen LogP contribution is 2.16. The number of benzene rings is 2. The van der Waals surface area contributed by atoms with E-state index in [1.165, 1.54) is 6.07 Å². The maximum Gasteiger partial charge on any atom is 0.471 e. The predicted octanol–water partition coefficient (Wildman–Crippen LogP) is 3.43.